The van der Waals surface area contributed by atoms with E-state index in [1.165, 1.54) is 0 Å². The van der Waals surface area contributed by atoms with Gasteiger partial charge in [0, 0.05) is 13.1 Å². The molecular formula is C9H12N6O3. The smallest absolute Gasteiger partial charge is 0.284 e. The molecule has 0 aromatic carbocycles. The highest BCUT2D eigenvalue weighted by atomic mass is 16.6. The molecule has 2 N–H and O–H groups in total. The summed E-state index contributed by atoms with van der Waals surface area (Å²) in [7, 11) is 2.01. The Hall–Kier alpha value is -2.00. The molecule has 2 aromatic heterocycles. The zero-order valence-corrected chi connectivity index (χ0v) is 9.74. The second kappa shape index (κ2) is 4.35. The van der Waals surface area contributed by atoms with Crippen LogP contribution in [0, 0.1) is 0 Å². The van der Waals surface area contributed by atoms with Crippen LogP contribution in [-0.4, -0.2) is 52.1 Å². The van der Waals surface area contributed by atoms with Gasteiger partial charge in [0.1, 0.15) is 6.10 Å². The number of rotatable bonds is 2. The lowest BCUT2D eigenvalue weighted by Gasteiger charge is -2.27. The summed E-state index contributed by atoms with van der Waals surface area (Å²) in [4.78, 5) is 6.33. The summed E-state index contributed by atoms with van der Waals surface area (Å²) in [6.07, 6.45) is -0.206. The molecular weight excluding hydrogens is 240 g/mol. The third kappa shape index (κ3) is 1.93. The highest BCUT2D eigenvalue weighted by Crippen LogP contribution is 2.24. The molecule has 2 aromatic rings. The minimum Gasteiger partial charge on any atom is -0.379 e. The highest BCUT2D eigenvalue weighted by molar-refractivity contribution is 5.60. The van der Waals surface area contributed by atoms with Crippen LogP contribution in [0.5, 0.6) is 0 Å². The minimum atomic E-state index is -0.206. The molecule has 1 saturated heterocycles. The molecule has 0 radical (unpaired) electrons. The lowest BCUT2D eigenvalue weighted by Crippen LogP contribution is -2.35. The van der Waals surface area contributed by atoms with E-state index in [2.05, 4.69) is 30.0 Å². The molecule has 1 aliphatic rings. The van der Waals surface area contributed by atoms with Gasteiger partial charge in [0.05, 0.1) is 6.61 Å². The molecule has 96 valence electrons. The number of hydrogen-bond donors (Lipinski definition) is 1. The molecule has 9 nitrogen and oxygen atoms in total. The van der Waals surface area contributed by atoms with Crippen molar-refractivity contribution < 1.29 is 13.9 Å². The second-order valence-corrected chi connectivity index (χ2v) is 4.08. The van der Waals surface area contributed by atoms with Gasteiger partial charge in [0.25, 0.3) is 5.89 Å². The van der Waals surface area contributed by atoms with Gasteiger partial charge in [-0.1, -0.05) is 5.16 Å². The topological polar surface area (TPSA) is 116 Å². The Morgan fingerprint density at radius 2 is 2.22 bits per heavy atom. The van der Waals surface area contributed by atoms with Crippen LogP contribution in [0.3, 0.4) is 0 Å². The van der Waals surface area contributed by atoms with E-state index in [9.17, 15) is 0 Å². The number of nitrogens with zero attached hydrogens (tertiary/aromatic N) is 5. The van der Waals surface area contributed by atoms with Crippen molar-refractivity contribution in [1.82, 2.24) is 25.4 Å². The molecule has 1 aliphatic heterocycles. The van der Waals surface area contributed by atoms with Gasteiger partial charge >= 0.3 is 0 Å². The monoisotopic (exact) mass is 252 g/mol. The van der Waals surface area contributed by atoms with E-state index in [-0.39, 0.29) is 23.5 Å². The molecule has 1 unspecified atom stereocenters. The van der Waals surface area contributed by atoms with Crippen LogP contribution >= 0.6 is 0 Å². The Bertz CT molecular complexity index is 538. The number of likely N-dealkylation sites (N-methyl/N-ethyl adjacent to an activating group) is 1. The normalized spacial score (nSPS) is 21.3. The highest BCUT2D eigenvalue weighted by Gasteiger charge is 2.26. The summed E-state index contributed by atoms with van der Waals surface area (Å²) in [6.45, 7) is 2.24. The Balaban J connectivity index is 1.83. The zero-order valence-electron chi connectivity index (χ0n) is 9.74. The fraction of sp³-hybridized carbons (Fsp3) is 0.556. The predicted octanol–water partition coefficient (Wildman–Crippen LogP) is -0.295. The van der Waals surface area contributed by atoms with Gasteiger partial charge in [-0.05, 0) is 17.4 Å². The van der Waals surface area contributed by atoms with Crippen molar-refractivity contribution in [3.05, 3.63) is 5.82 Å². The second-order valence-electron chi connectivity index (χ2n) is 4.08. The van der Waals surface area contributed by atoms with Crippen molar-refractivity contribution in [1.29, 1.82) is 0 Å². The number of nitrogens with two attached hydrogens (primary N) is 1. The summed E-state index contributed by atoms with van der Waals surface area (Å²) in [5.41, 5.74) is 5.80. The standard InChI is InChI=1S/C9H12N6O3/c1-15-2-3-16-5(4-15)8-11-9(17-14-8)6-7(10)13-18-12-6/h5H,2-4H2,1H3,(H2,10,13). The van der Waals surface area contributed by atoms with E-state index in [0.717, 1.165) is 6.54 Å². The number of nitrogen functional groups attached to an aromatic ring is 1. The van der Waals surface area contributed by atoms with Gasteiger partial charge in [0.2, 0.25) is 17.3 Å². The van der Waals surface area contributed by atoms with Crippen molar-refractivity contribution in [2.24, 2.45) is 0 Å². The first-order valence-corrected chi connectivity index (χ1v) is 5.46. The van der Waals surface area contributed by atoms with Crippen LogP contribution in [0.25, 0.3) is 11.6 Å². The van der Waals surface area contributed by atoms with Crippen LogP contribution in [0.2, 0.25) is 0 Å². The van der Waals surface area contributed by atoms with Crippen molar-refractivity contribution in [2.75, 3.05) is 32.5 Å². The lowest BCUT2D eigenvalue weighted by molar-refractivity contribution is -0.0264. The number of morpholine rings is 1. The van der Waals surface area contributed by atoms with Crippen LogP contribution in [0.4, 0.5) is 5.82 Å². The largest absolute Gasteiger partial charge is 0.379 e. The molecule has 3 rings (SSSR count). The molecule has 0 amide bonds. The van der Waals surface area contributed by atoms with E-state index in [4.69, 9.17) is 15.0 Å². The van der Waals surface area contributed by atoms with Crippen LogP contribution in [0.1, 0.15) is 11.9 Å². The maximum absolute atomic E-state index is 5.58. The summed E-state index contributed by atoms with van der Waals surface area (Å²) < 4.78 is 15.1. The van der Waals surface area contributed by atoms with Gasteiger partial charge < -0.3 is 19.9 Å². The van der Waals surface area contributed by atoms with Crippen LogP contribution in [-0.2, 0) is 4.74 Å². The molecule has 18 heavy (non-hydrogen) atoms. The first-order valence-electron chi connectivity index (χ1n) is 5.46. The summed E-state index contributed by atoms with van der Waals surface area (Å²) in [5.74, 6) is 0.770. The number of ether oxygens (including phenoxy) is 1. The fourth-order valence-corrected chi connectivity index (χ4v) is 1.74. The zero-order chi connectivity index (χ0) is 12.5. The maximum atomic E-state index is 5.58. The molecule has 9 heteroatoms. The average molecular weight is 252 g/mol. The minimum absolute atomic E-state index is 0.117. The SMILES string of the molecule is CN1CCOC(c2noc(-c3nonc3N)n2)C1. The molecule has 0 bridgehead atoms. The molecule has 0 spiro atoms. The van der Waals surface area contributed by atoms with Gasteiger partial charge in [0.15, 0.2) is 0 Å². The Kier molecular flexibility index (Phi) is 2.68. The fourth-order valence-electron chi connectivity index (χ4n) is 1.74. The van der Waals surface area contributed by atoms with Crippen molar-refractivity contribution in [3.63, 3.8) is 0 Å². The average Bonchev–Trinajstić information content (AvgIpc) is 2.97. The molecule has 3 heterocycles. The Morgan fingerprint density at radius 3 is 2.94 bits per heavy atom. The van der Waals surface area contributed by atoms with Crippen LogP contribution < -0.4 is 5.73 Å². The number of aromatic nitrogens is 4. The van der Waals surface area contributed by atoms with Gasteiger partial charge in [-0.3, -0.25) is 0 Å². The van der Waals surface area contributed by atoms with E-state index in [0.29, 0.717) is 19.0 Å². The summed E-state index contributed by atoms with van der Waals surface area (Å²) in [5, 5.41) is 10.9. The van der Waals surface area contributed by atoms with Crippen LogP contribution in [0.15, 0.2) is 9.15 Å². The first-order chi connectivity index (χ1) is 8.74. The Labute approximate surface area is 102 Å². The summed E-state index contributed by atoms with van der Waals surface area (Å²) >= 11 is 0. The number of hydrogen-bond acceptors (Lipinski definition) is 9. The van der Waals surface area contributed by atoms with Crippen molar-refractivity contribution >= 4 is 5.82 Å². The van der Waals surface area contributed by atoms with Gasteiger partial charge in [-0.2, -0.15) is 4.98 Å². The number of anilines is 1. The molecule has 0 saturated carbocycles. The predicted molar refractivity (Wildman–Crippen MR) is 58.2 cm³/mol. The molecule has 0 aliphatic carbocycles. The molecule has 1 fully saturated rings. The van der Waals surface area contributed by atoms with E-state index < -0.39 is 0 Å². The van der Waals surface area contributed by atoms with Gasteiger partial charge in [-0.25, -0.2) is 4.63 Å². The third-order valence-corrected chi connectivity index (χ3v) is 2.72. The van der Waals surface area contributed by atoms with E-state index in [1.54, 1.807) is 0 Å². The third-order valence-electron chi connectivity index (χ3n) is 2.72. The maximum Gasteiger partial charge on any atom is 0.284 e. The molecule has 1 atom stereocenters. The van der Waals surface area contributed by atoms with Crippen molar-refractivity contribution in [3.8, 4) is 11.6 Å². The van der Waals surface area contributed by atoms with E-state index >= 15 is 0 Å². The van der Waals surface area contributed by atoms with Crippen molar-refractivity contribution in [2.45, 2.75) is 6.10 Å². The quantitative estimate of drug-likeness (QED) is 0.768. The Morgan fingerprint density at radius 1 is 1.33 bits per heavy atom. The summed E-state index contributed by atoms with van der Waals surface area (Å²) in [6, 6.07) is 0. The lowest BCUT2D eigenvalue weighted by atomic mass is 10.3. The first kappa shape index (κ1) is 11.1. The van der Waals surface area contributed by atoms with E-state index in [1.807, 2.05) is 7.05 Å². The van der Waals surface area contributed by atoms with Gasteiger partial charge in [-0.15, -0.1) is 0 Å².